The number of carbonyl (C=O) groups is 1. The van der Waals surface area contributed by atoms with Crippen molar-refractivity contribution in [2.45, 2.75) is 25.9 Å². The van der Waals surface area contributed by atoms with Crippen molar-refractivity contribution in [3.63, 3.8) is 0 Å². The normalized spacial score (nSPS) is 11.0. The van der Waals surface area contributed by atoms with Crippen molar-refractivity contribution in [3.05, 3.63) is 94.8 Å². The Kier molecular flexibility index (Phi) is 6.00. The third-order valence-corrected chi connectivity index (χ3v) is 6.15. The lowest BCUT2D eigenvalue weighted by Gasteiger charge is -2.11. The van der Waals surface area contributed by atoms with Crippen LogP contribution in [0, 0.1) is 26.6 Å². The van der Waals surface area contributed by atoms with Crippen molar-refractivity contribution >= 4 is 17.5 Å². The highest BCUT2D eigenvalue weighted by atomic mass is 32.2. The minimum atomic E-state index is -0.307. The number of nitrogens with zero attached hydrogens (tertiary/aromatic N) is 3. The lowest BCUT2D eigenvalue weighted by Crippen LogP contribution is -2.07. The fourth-order valence-corrected chi connectivity index (χ4v) is 4.26. The fourth-order valence-electron chi connectivity index (χ4n) is 3.43. The molecule has 0 unspecified atom stereocenters. The average molecular weight is 432 g/mol. The van der Waals surface area contributed by atoms with Crippen LogP contribution in [-0.4, -0.2) is 26.3 Å². The molecule has 3 aromatic carbocycles. The Labute approximate surface area is 185 Å². The van der Waals surface area contributed by atoms with Crippen molar-refractivity contribution in [2.75, 3.05) is 5.75 Å². The van der Waals surface area contributed by atoms with Crippen molar-refractivity contribution in [3.8, 4) is 17.1 Å². The number of aromatic nitrogens is 3. The Morgan fingerprint density at radius 2 is 1.58 bits per heavy atom. The summed E-state index contributed by atoms with van der Waals surface area (Å²) in [7, 11) is 0. The van der Waals surface area contributed by atoms with Gasteiger partial charge >= 0.3 is 0 Å². The molecule has 0 aliphatic heterocycles. The van der Waals surface area contributed by atoms with Crippen LogP contribution in [0.2, 0.25) is 0 Å². The van der Waals surface area contributed by atoms with Gasteiger partial charge in [-0.1, -0.05) is 36.0 Å². The second kappa shape index (κ2) is 8.86. The predicted molar refractivity (Wildman–Crippen MR) is 122 cm³/mol. The molecular formula is C25H22FN3OS. The van der Waals surface area contributed by atoms with Gasteiger partial charge in [-0.05, 0) is 79.9 Å². The minimum absolute atomic E-state index is 0.0524. The molecule has 0 bridgehead atoms. The second-order valence-corrected chi connectivity index (χ2v) is 8.39. The molecule has 0 N–H and O–H groups in total. The molecule has 0 amide bonds. The molecule has 4 nitrogen and oxygen atoms in total. The Morgan fingerprint density at radius 3 is 2.29 bits per heavy atom. The van der Waals surface area contributed by atoms with Gasteiger partial charge in [0.15, 0.2) is 16.8 Å². The van der Waals surface area contributed by atoms with Crippen LogP contribution in [0.4, 0.5) is 4.39 Å². The first-order valence-electron chi connectivity index (χ1n) is 9.94. The molecule has 0 radical (unpaired) electrons. The van der Waals surface area contributed by atoms with E-state index in [2.05, 4.69) is 10.2 Å². The Bertz CT molecular complexity index is 1230. The van der Waals surface area contributed by atoms with E-state index in [1.54, 1.807) is 12.1 Å². The summed E-state index contributed by atoms with van der Waals surface area (Å²) in [4.78, 5) is 12.9. The molecule has 156 valence electrons. The van der Waals surface area contributed by atoms with Crippen LogP contribution in [-0.2, 0) is 0 Å². The van der Waals surface area contributed by atoms with E-state index >= 15 is 0 Å². The summed E-state index contributed by atoms with van der Waals surface area (Å²) < 4.78 is 15.3. The molecule has 1 heterocycles. The van der Waals surface area contributed by atoms with Gasteiger partial charge in [0.05, 0.1) is 5.75 Å². The van der Waals surface area contributed by atoms with E-state index in [0.29, 0.717) is 11.0 Å². The molecule has 0 fully saturated rings. The van der Waals surface area contributed by atoms with Crippen LogP contribution in [0.25, 0.3) is 17.1 Å². The van der Waals surface area contributed by atoms with Crippen LogP contribution in [0.3, 0.4) is 0 Å². The number of Topliss-reactive ketones (excluding diaryl/α,β-unsaturated/α-hetero) is 1. The molecule has 4 rings (SSSR count). The molecule has 0 spiro atoms. The SMILES string of the molecule is Cc1cc(C)c(C(=O)CSc2nnc(-c3ccc(F)cc3)n2-c2ccccc2)cc1C. The zero-order chi connectivity index (χ0) is 22.0. The Balaban J connectivity index is 1.67. The maximum Gasteiger partial charge on any atom is 0.196 e. The highest BCUT2D eigenvalue weighted by molar-refractivity contribution is 7.99. The summed E-state index contributed by atoms with van der Waals surface area (Å²) in [5.74, 6) is 0.594. The molecule has 0 saturated carbocycles. The number of para-hydroxylation sites is 1. The largest absolute Gasteiger partial charge is 0.293 e. The van der Waals surface area contributed by atoms with E-state index in [9.17, 15) is 9.18 Å². The summed E-state index contributed by atoms with van der Waals surface area (Å²) in [5.41, 5.74) is 5.62. The molecule has 6 heteroatoms. The first-order valence-corrected chi connectivity index (χ1v) is 10.9. The van der Waals surface area contributed by atoms with Crippen molar-refractivity contribution in [1.29, 1.82) is 0 Å². The Hall–Kier alpha value is -3.25. The summed E-state index contributed by atoms with van der Waals surface area (Å²) in [5, 5.41) is 9.30. The minimum Gasteiger partial charge on any atom is -0.293 e. The van der Waals surface area contributed by atoms with Gasteiger partial charge in [0.25, 0.3) is 0 Å². The van der Waals surface area contributed by atoms with Crippen LogP contribution in [0.1, 0.15) is 27.0 Å². The van der Waals surface area contributed by atoms with Crippen LogP contribution < -0.4 is 0 Å². The first kappa shape index (κ1) is 21.0. The number of ketones is 1. The van der Waals surface area contributed by atoms with Crippen LogP contribution in [0.15, 0.2) is 71.9 Å². The van der Waals surface area contributed by atoms with Crippen molar-refractivity contribution < 1.29 is 9.18 Å². The standard InChI is InChI=1S/C25H22FN3OS/c1-16-13-18(3)22(14-17(16)2)23(30)15-31-25-28-27-24(19-9-11-20(26)12-10-19)29(25)21-7-5-4-6-8-21/h4-14H,15H2,1-3H3. The van der Waals surface area contributed by atoms with Gasteiger partial charge in [-0.2, -0.15) is 0 Å². The molecule has 0 atom stereocenters. The maximum atomic E-state index is 13.4. The van der Waals surface area contributed by atoms with E-state index in [-0.39, 0.29) is 17.4 Å². The number of rotatable bonds is 6. The monoisotopic (exact) mass is 431 g/mol. The van der Waals surface area contributed by atoms with E-state index in [1.807, 2.05) is 67.8 Å². The highest BCUT2D eigenvalue weighted by Crippen LogP contribution is 2.29. The number of hydrogen-bond donors (Lipinski definition) is 0. The number of halogens is 1. The fraction of sp³-hybridized carbons (Fsp3) is 0.160. The van der Waals surface area contributed by atoms with Crippen molar-refractivity contribution in [1.82, 2.24) is 14.8 Å². The molecule has 31 heavy (non-hydrogen) atoms. The quantitative estimate of drug-likeness (QED) is 0.279. The number of aryl methyl sites for hydroxylation is 3. The molecule has 0 saturated heterocycles. The third kappa shape index (κ3) is 4.44. The lowest BCUT2D eigenvalue weighted by molar-refractivity contribution is 0.102. The number of carbonyl (C=O) groups excluding carboxylic acids is 1. The van der Waals surface area contributed by atoms with E-state index in [0.717, 1.165) is 27.9 Å². The second-order valence-electron chi connectivity index (χ2n) is 7.45. The smallest absolute Gasteiger partial charge is 0.196 e. The highest BCUT2D eigenvalue weighted by Gasteiger charge is 2.18. The summed E-state index contributed by atoms with van der Waals surface area (Å²) in [6, 6.07) is 19.9. The lowest BCUT2D eigenvalue weighted by atomic mass is 9.99. The van der Waals surface area contributed by atoms with Gasteiger partial charge in [-0.25, -0.2) is 4.39 Å². The molecule has 1 aromatic heterocycles. The summed E-state index contributed by atoms with van der Waals surface area (Å²) in [6.07, 6.45) is 0. The first-order chi connectivity index (χ1) is 14.9. The third-order valence-electron chi connectivity index (χ3n) is 5.22. The number of thioether (sulfide) groups is 1. The number of benzene rings is 3. The van der Waals surface area contributed by atoms with Crippen LogP contribution >= 0.6 is 11.8 Å². The van der Waals surface area contributed by atoms with Gasteiger partial charge in [-0.15, -0.1) is 10.2 Å². The van der Waals surface area contributed by atoms with Gasteiger partial charge in [0.1, 0.15) is 5.82 Å². The molecular weight excluding hydrogens is 409 g/mol. The topological polar surface area (TPSA) is 47.8 Å². The zero-order valence-corrected chi connectivity index (χ0v) is 18.4. The van der Waals surface area contributed by atoms with E-state index in [4.69, 9.17) is 0 Å². The van der Waals surface area contributed by atoms with Crippen LogP contribution in [0.5, 0.6) is 0 Å². The number of hydrogen-bond acceptors (Lipinski definition) is 4. The summed E-state index contributed by atoms with van der Waals surface area (Å²) >= 11 is 1.35. The molecule has 0 aliphatic carbocycles. The average Bonchev–Trinajstić information content (AvgIpc) is 3.19. The van der Waals surface area contributed by atoms with Gasteiger partial charge in [-0.3, -0.25) is 9.36 Å². The van der Waals surface area contributed by atoms with Gasteiger partial charge < -0.3 is 0 Å². The van der Waals surface area contributed by atoms with E-state index in [1.165, 1.54) is 29.5 Å². The summed E-state index contributed by atoms with van der Waals surface area (Å²) in [6.45, 7) is 6.02. The maximum absolute atomic E-state index is 13.4. The van der Waals surface area contributed by atoms with Gasteiger partial charge in [0.2, 0.25) is 0 Å². The molecule has 0 aliphatic rings. The molecule has 4 aromatic rings. The van der Waals surface area contributed by atoms with E-state index < -0.39 is 0 Å². The zero-order valence-electron chi connectivity index (χ0n) is 17.6. The van der Waals surface area contributed by atoms with Crippen molar-refractivity contribution in [2.24, 2.45) is 0 Å². The Morgan fingerprint density at radius 1 is 0.903 bits per heavy atom. The predicted octanol–water partition coefficient (Wildman–Crippen LogP) is 5.97. The van der Waals surface area contributed by atoms with Gasteiger partial charge in [0, 0.05) is 16.8 Å².